The fourth-order valence-corrected chi connectivity index (χ4v) is 2.22. The number of carbonyl (C=O) groups is 1. The highest BCUT2D eigenvalue weighted by molar-refractivity contribution is 5.87. The smallest absolute Gasteiger partial charge is 0.140 e. The number of hydrogen-bond donors (Lipinski definition) is 0. The summed E-state index contributed by atoms with van der Waals surface area (Å²) in [6.07, 6.45) is 2.98. The van der Waals surface area contributed by atoms with Gasteiger partial charge in [-0.1, -0.05) is 12.1 Å². The summed E-state index contributed by atoms with van der Waals surface area (Å²) in [4.78, 5) is 11.6. The van der Waals surface area contributed by atoms with Crippen LogP contribution in [0.3, 0.4) is 0 Å². The number of carbonyl (C=O) groups excluding carboxylic acids is 1. The van der Waals surface area contributed by atoms with Gasteiger partial charge in [0.1, 0.15) is 11.5 Å². The van der Waals surface area contributed by atoms with Gasteiger partial charge in [0.25, 0.3) is 0 Å². The minimum atomic E-state index is 0.132. The first kappa shape index (κ1) is 11.2. The van der Waals surface area contributed by atoms with Crippen molar-refractivity contribution in [3.8, 4) is 5.75 Å². The molecule has 86 valence electrons. The summed E-state index contributed by atoms with van der Waals surface area (Å²) in [7, 11) is 0. The van der Waals surface area contributed by atoms with Gasteiger partial charge in [-0.2, -0.15) is 0 Å². The van der Waals surface area contributed by atoms with Crippen molar-refractivity contribution in [1.82, 2.24) is 0 Å². The Kier molecular flexibility index (Phi) is 3.28. The first-order valence-corrected chi connectivity index (χ1v) is 5.96. The molecule has 0 aliphatic heterocycles. The molecule has 16 heavy (non-hydrogen) atoms. The molecule has 0 unspecified atom stereocenters. The van der Waals surface area contributed by atoms with Crippen molar-refractivity contribution < 1.29 is 9.53 Å². The third kappa shape index (κ3) is 2.43. The standard InChI is InChI=1S/C14H18O2/c1-10(2)16-12-8-6-11(7-9-12)13-4-3-5-14(13)15/h6-10,13H,3-5H2,1-2H3/t13-/m1/s1. The van der Waals surface area contributed by atoms with Gasteiger partial charge in [-0.05, 0) is 44.4 Å². The zero-order valence-electron chi connectivity index (χ0n) is 9.90. The van der Waals surface area contributed by atoms with E-state index in [4.69, 9.17) is 4.74 Å². The predicted octanol–water partition coefficient (Wildman–Crippen LogP) is 3.31. The summed E-state index contributed by atoms with van der Waals surface area (Å²) in [5.41, 5.74) is 1.14. The minimum Gasteiger partial charge on any atom is -0.491 e. The normalized spacial score (nSPS) is 20.4. The van der Waals surface area contributed by atoms with Gasteiger partial charge < -0.3 is 4.74 Å². The van der Waals surface area contributed by atoms with E-state index in [1.54, 1.807) is 0 Å². The van der Waals surface area contributed by atoms with Crippen LogP contribution in [0.15, 0.2) is 24.3 Å². The van der Waals surface area contributed by atoms with Crippen LogP contribution in [0.4, 0.5) is 0 Å². The van der Waals surface area contributed by atoms with Crippen LogP contribution in [0.1, 0.15) is 44.6 Å². The van der Waals surface area contributed by atoms with Crippen molar-refractivity contribution in [2.24, 2.45) is 0 Å². The number of hydrogen-bond acceptors (Lipinski definition) is 2. The van der Waals surface area contributed by atoms with E-state index in [1.807, 2.05) is 38.1 Å². The molecule has 0 aromatic heterocycles. The fraction of sp³-hybridized carbons (Fsp3) is 0.500. The van der Waals surface area contributed by atoms with Crippen molar-refractivity contribution >= 4 is 5.78 Å². The summed E-state index contributed by atoms with van der Waals surface area (Å²) in [5, 5.41) is 0. The Morgan fingerprint density at radius 2 is 1.94 bits per heavy atom. The zero-order chi connectivity index (χ0) is 11.5. The van der Waals surface area contributed by atoms with Crippen LogP contribution in [0, 0.1) is 0 Å². The zero-order valence-corrected chi connectivity index (χ0v) is 9.90. The van der Waals surface area contributed by atoms with Crippen molar-refractivity contribution in [3.05, 3.63) is 29.8 Å². The summed E-state index contributed by atoms with van der Waals surface area (Å²) < 4.78 is 5.57. The molecular weight excluding hydrogens is 200 g/mol. The molecule has 1 aliphatic carbocycles. The molecule has 0 heterocycles. The molecule has 0 amide bonds. The van der Waals surface area contributed by atoms with Crippen LogP contribution >= 0.6 is 0 Å². The summed E-state index contributed by atoms with van der Waals surface area (Å²) in [5.74, 6) is 1.40. The molecule has 0 saturated heterocycles. The first-order valence-electron chi connectivity index (χ1n) is 5.96. The van der Waals surface area contributed by atoms with E-state index >= 15 is 0 Å². The second-order valence-corrected chi connectivity index (χ2v) is 4.65. The average Bonchev–Trinajstić information content (AvgIpc) is 2.65. The van der Waals surface area contributed by atoms with Crippen molar-refractivity contribution in [3.63, 3.8) is 0 Å². The molecule has 0 bridgehead atoms. The SMILES string of the molecule is CC(C)Oc1ccc([C@H]2CCCC2=O)cc1. The highest BCUT2D eigenvalue weighted by atomic mass is 16.5. The Morgan fingerprint density at radius 1 is 1.25 bits per heavy atom. The second kappa shape index (κ2) is 4.69. The molecule has 1 aromatic rings. The van der Waals surface area contributed by atoms with E-state index in [1.165, 1.54) is 0 Å². The monoisotopic (exact) mass is 218 g/mol. The van der Waals surface area contributed by atoms with E-state index in [9.17, 15) is 4.79 Å². The highest BCUT2D eigenvalue weighted by Gasteiger charge is 2.25. The molecule has 0 radical (unpaired) electrons. The Balaban J connectivity index is 2.09. The molecule has 1 aliphatic rings. The average molecular weight is 218 g/mol. The molecule has 2 rings (SSSR count). The molecule has 0 spiro atoms. The van der Waals surface area contributed by atoms with Gasteiger partial charge in [-0.25, -0.2) is 0 Å². The van der Waals surface area contributed by atoms with Gasteiger partial charge in [0.15, 0.2) is 0 Å². The maximum atomic E-state index is 11.6. The summed E-state index contributed by atoms with van der Waals surface area (Å²) in [6.45, 7) is 4.02. The number of benzene rings is 1. The van der Waals surface area contributed by atoms with Gasteiger partial charge in [0.2, 0.25) is 0 Å². The number of ether oxygens (including phenoxy) is 1. The Hall–Kier alpha value is -1.31. The van der Waals surface area contributed by atoms with Crippen LogP contribution in [-0.4, -0.2) is 11.9 Å². The maximum absolute atomic E-state index is 11.6. The van der Waals surface area contributed by atoms with Crippen LogP contribution in [-0.2, 0) is 4.79 Å². The number of rotatable bonds is 3. The van der Waals surface area contributed by atoms with Gasteiger partial charge in [0.05, 0.1) is 6.10 Å². The van der Waals surface area contributed by atoms with Crippen LogP contribution in [0.2, 0.25) is 0 Å². The minimum absolute atomic E-state index is 0.132. The van der Waals surface area contributed by atoms with E-state index in [-0.39, 0.29) is 12.0 Å². The molecule has 1 fully saturated rings. The number of ketones is 1. The lowest BCUT2D eigenvalue weighted by Crippen LogP contribution is -2.06. The molecule has 2 nitrogen and oxygen atoms in total. The lowest BCUT2D eigenvalue weighted by Gasteiger charge is -2.12. The molecule has 2 heteroatoms. The Labute approximate surface area is 96.6 Å². The third-order valence-electron chi connectivity index (χ3n) is 2.96. The van der Waals surface area contributed by atoms with Gasteiger partial charge in [-0.15, -0.1) is 0 Å². The van der Waals surface area contributed by atoms with E-state index in [2.05, 4.69) is 0 Å². The third-order valence-corrected chi connectivity index (χ3v) is 2.96. The van der Waals surface area contributed by atoms with E-state index in [0.717, 1.165) is 30.6 Å². The first-order chi connectivity index (χ1) is 7.66. The highest BCUT2D eigenvalue weighted by Crippen LogP contribution is 2.31. The van der Waals surface area contributed by atoms with Crippen LogP contribution in [0.5, 0.6) is 5.75 Å². The topological polar surface area (TPSA) is 26.3 Å². The quantitative estimate of drug-likeness (QED) is 0.778. The largest absolute Gasteiger partial charge is 0.491 e. The van der Waals surface area contributed by atoms with Crippen molar-refractivity contribution in [2.75, 3.05) is 0 Å². The maximum Gasteiger partial charge on any atom is 0.140 e. The van der Waals surface area contributed by atoms with Crippen LogP contribution in [0.25, 0.3) is 0 Å². The molecule has 1 aromatic carbocycles. The van der Waals surface area contributed by atoms with E-state index in [0.29, 0.717) is 5.78 Å². The number of Topliss-reactive ketones (excluding diaryl/α,β-unsaturated/α-hetero) is 1. The summed E-state index contributed by atoms with van der Waals surface area (Å²) >= 11 is 0. The molecule has 1 atom stereocenters. The van der Waals surface area contributed by atoms with Crippen molar-refractivity contribution in [2.45, 2.75) is 45.1 Å². The Bertz CT molecular complexity index is 365. The van der Waals surface area contributed by atoms with E-state index < -0.39 is 0 Å². The van der Waals surface area contributed by atoms with Crippen molar-refractivity contribution in [1.29, 1.82) is 0 Å². The fourth-order valence-electron chi connectivity index (χ4n) is 2.22. The van der Waals surface area contributed by atoms with Gasteiger partial charge in [-0.3, -0.25) is 4.79 Å². The summed E-state index contributed by atoms with van der Waals surface area (Å²) in [6, 6.07) is 7.96. The second-order valence-electron chi connectivity index (χ2n) is 4.65. The lowest BCUT2D eigenvalue weighted by atomic mass is 9.97. The van der Waals surface area contributed by atoms with Gasteiger partial charge >= 0.3 is 0 Å². The molecule has 1 saturated carbocycles. The Morgan fingerprint density at radius 3 is 2.44 bits per heavy atom. The predicted molar refractivity (Wildman–Crippen MR) is 63.8 cm³/mol. The van der Waals surface area contributed by atoms with Gasteiger partial charge in [0, 0.05) is 12.3 Å². The van der Waals surface area contributed by atoms with Crippen LogP contribution < -0.4 is 4.74 Å². The lowest BCUT2D eigenvalue weighted by molar-refractivity contribution is -0.118. The molecular formula is C14H18O2. The molecule has 0 N–H and O–H groups in total.